The second-order valence-electron chi connectivity index (χ2n) is 5.99. The van der Waals surface area contributed by atoms with Crippen molar-refractivity contribution in [2.24, 2.45) is 0 Å². The van der Waals surface area contributed by atoms with Crippen LogP contribution in [-0.4, -0.2) is 40.0 Å². The third-order valence-electron chi connectivity index (χ3n) is 4.21. The molecular formula is C18H17FN2O4S. The first kappa shape index (κ1) is 18.3. The van der Waals surface area contributed by atoms with Gasteiger partial charge in [-0.15, -0.1) is 0 Å². The summed E-state index contributed by atoms with van der Waals surface area (Å²) in [4.78, 5) is 25.8. The molecule has 0 unspecified atom stereocenters. The van der Waals surface area contributed by atoms with Gasteiger partial charge in [-0.25, -0.2) is 4.39 Å². The summed E-state index contributed by atoms with van der Waals surface area (Å²) in [5.74, 6) is -0.769. The summed E-state index contributed by atoms with van der Waals surface area (Å²) in [6, 6.07) is 10.2. The molecule has 136 valence electrons. The van der Waals surface area contributed by atoms with E-state index < -0.39 is 16.8 Å². The number of halogens is 1. The van der Waals surface area contributed by atoms with Crippen LogP contribution < -0.4 is 0 Å². The summed E-state index contributed by atoms with van der Waals surface area (Å²) in [6.07, 6.45) is 0.504. The van der Waals surface area contributed by atoms with Gasteiger partial charge in [-0.3, -0.25) is 14.9 Å². The summed E-state index contributed by atoms with van der Waals surface area (Å²) in [7, 11) is 0. The first-order chi connectivity index (χ1) is 12.5. The quantitative estimate of drug-likeness (QED) is 0.652. The molecule has 0 aliphatic carbocycles. The number of carbonyl (C=O) groups is 1. The number of hydrogen-bond acceptors (Lipinski definition) is 5. The Bertz CT molecular complexity index is 838. The minimum Gasteiger partial charge on any atom is -0.393 e. The zero-order chi connectivity index (χ0) is 18.7. The number of likely N-dealkylation sites (tertiary alicyclic amines) is 1. The Kier molecular flexibility index (Phi) is 5.53. The fourth-order valence-electron chi connectivity index (χ4n) is 2.77. The van der Waals surface area contributed by atoms with Gasteiger partial charge < -0.3 is 10.0 Å². The van der Waals surface area contributed by atoms with E-state index in [1.165, 1.54) is 24.3 Å². The number of rotatable bonds is 4. The molecule has 0 saturated carbocycles. The summed E-state index contributed by atoms with van der Waals surface area (Å²) >= 11 is 1.06. The van der Waals surface area contributed by atoms with Crippen molar-refractivity contribution in [3.8, 4) is 0 Å². The van der Waals surface area contributed by atoms with E-state index in [1.54, 1.807) is 23.1 Å². The van der Waals surface area contributed by atoms with Crippen molar-refractivity contribution in [2.45, 2.75) is 28.7 Å². The Labute approximate surface area is 153 Å². The van der Waals surface area contributed by atoms with E-state index in [9.17, 15) is 24.4 Å². The van der Waals surface area contributed by atoms with Crippen LogP contribution in [-0.2, 0) is 0 Å². The number of benzene rings is 2. The maximum absolute atomic E-state index is 14.0. The highest BCUT2D eigenvalue weighted by Gasteiger charge is 2.26. The highest BCUT2D eigenvalue weighted by molar-refractivity contribution is 7.99. The molecule has 2 aromatic carbocycles. The van der Waals surface area contributed by atoms with Gasteiger partial charge in [0, 0.05) is 35.0 Å². The monoisotopic (exact) mass is 376 g/mol. The molecule has 1 N–H and O–H groups in total. The highest BCUT2D eigenvalue weighted by Crippen LogP contribution is 2.35. The van der Waals surface area contributed by atoms with Crippen molar-refractivity contribution >= 4 is 23.4 Å². The van der Waals surface area contributed by atoms with Crippen LogP contribution in [0.15, 0.2) is 52.3 Å². The number of aliphatic hydroxyl groups is 1. The van der Waals surface area contributed by atoms with Crippen LogP contribution in [0.1, 0.15) is 23.2 Å². The van der Waals surface area contributed by atoms with Gasteiger partial charge in [0.05, 0.1) is 16.6 Å². The van der Waals surface area contributed by atoms with Crippen LogP contribution in [0.5, 0.6) is 0 Å². The fraction of sp³-hybridized carbons (Fsp3) is 0.278. The van der Waals surface area contributed by atoms with Crippen LogP contribution in [0.2, 0.25) is 0 Å². The maximum Gasteiger partial charge on any atom is 0.270 e. The molecule has 1 amide bonds. The third kappa shape index (κ3) is 4.03. The normalized spacial score (nSPS) is 15.1. The molecule has 3 rings (SSSR count). The van der Waals surface area contributed by atoms with E-state index in [0.717, 1.165) is 11.8 Å². The van der Waals surface area contributed by atoms with Crippen molar-refractivity contribution in [2.75, 3.05) is 13.1 Å². The summed E-state index contributed by atoms with van der Waals surface area (Å²) < 4.78 is 14.0. The van der Waals surface area contributed by atoms with Gasteiger partial charge in [0.2, 0.25) is 0 Å². The molecule has 1 saturated heterocycles. The minimum atomic E-state index is -0.561. The molecule has 0 aromatic heterocycles. The second kappa shape index (κ2) is 7.84. The Morgan fingerprint density at radius 3 is 2.54 bits per heavy atom. The van der Waals surface area contributed by atoms with Gasteiger partial charge >= 0.3 is 0 Å². The first-order valence-electron chi connectivity index (χ1n) is 8.14. The largest absolute Gasteiger partial charge is 0.393 e. The maximum atomic E-state index is 14.0. The Hall–Kier alpha value is -2.45. The van der Waals surface area contributed by atoms with E-state index in [-0.39, 0.29) is 17.2 Å². The van der Waals surface area contributed by atoms with E-state index in [1.807, 2.05) is 0 Å². The summed E-state index contributed by atoms with van der Waals surface area (Å²) in [5, 5.41) is 20.7. The topological polar surface area (TPSA) is 83.7 Å². The van der Waals surface area contributed by atoms with Crippen molar-refractivity contribution in [3.05, 3.63) is 64.0 Å². The molecule has 1 aliphatic heterocycles. The Morgan fingerprint density at radius 1 is 1.19 bits per heavy atom. The Morgan fingerprint density at radius 2 is 1.88 bits per heavy atom. The van der Waals surface area contributed by atoms with Crippen molar-refractivity contribution in [1.29, 1.82) is 0 Å². The van der Waals surface area contributed by atoms with Gasteiger partial charge in [-0.05, 0) is 31.0 Å². The van der Waals surface area contributed by atoms with Gasteiger partial charge in [-0.2, -0.15) is 0 Å². The molecule has 0 radical (unpaired) electrons. The fourth-order valence-corrected chi connectivity index (χ4v) is 3.71. The number of hydrogen-bond donors (Lipinski definition) is 1. The predicted octanol–water partition coefficient (Wildman–Crippen LogP) is 3.48. The molecule has 1 fully saturated rings. The van der Waals surface area contributed by atoms with Crippen molar-refractivity contribution in [3.63, 3.8) is 0 Å². The lowest BCUT2D eigenvalue weighted by molar-refractivity contribution is -0.384. The molecule has 6 nitrogen and oxygen atoms in total. The average molecular weight is 376 g/mol. The van der Waals surface area contributed by atoms with Crippen molar-refractivity contribution < 1.29 is 19.2 Å². The smallest absolute Gasteiger partial charge is 0.270 e. The van der Waals surface area contributed by atoms with E-state index >= 15 is 0 Å². The number of aliphatic hydroxyl groups excluding tert-OH is 1. The Balaban J connectivity index is 1.95. The van der Waals surface area contributed by atoms with Crippen LogP contribution in [0.25, 0.3) is 0 Å². The number of non-ortho nitro benzene ring substituents is 1. The van der Waals surface area contributed by atoms with Crippen molar-refractivity contribution in [1.82, 2.24) is 4.90 Å². The SMILES string of the molecule is O=C(c1cc([N+](=O)[O-])ccc1Sc1ccccc1F)N1CCC(O)CC1. The molecule has 8 heteroatoms. The number of amides is 1. The van der Waals surface area contributed by atoms with Crippen LogP contribution in [0.3, 0.4) is 0 Å². The molecule has 0 bridgehead atoms. The molecule has 0 spiro atoms. The molecule has 1 aliphatic rings. The lowest BCUT2D eigenvalue weighted by Crippen LogP contribution is -2.40. The number of nitrogens with zero attached hydrogens (tertiary/aromatic N) is 2. The molecule has 2 aromatic rings. The molecule has 1 heterocycles. The van der Waals surface area contributed by atoms with Crippen LogP contribution in [0, 0.1) is 15.9 Å². The van der Waals surface area contributed by atoms with Gasteiger partial charge in [0.15, 0.2) is 0 Å². The van der Waals surface area contributed by atoms with E-state index in [0.29, 0.717) is 35.7 Å². The van der Waals surface area contributed by atoms with E-state index in [4.69, 9.17) is 0 Å². The van der Waals surface area contributed by atoms with Gasteiger partial charge in [-0.1, -0.05) is 23.9 Å². The van der Waals surface area contributed by atoms with Crippen LogP contribution in [0.4, 0.5) is 10.1 Å². The summed E-state index contributed by atoms with van der Waals surface area (Å²) in [5.41, 5.74) is -0.0212. The first-order valence-corrected chi connectivity index (χ1v) is 8.95. The molecule has 26 heavy (non-hydrogen) atoms. The zero-order valence-electron chi connectivity index (χ0n) is 13.8. The number of piperidine rings is 1. The number of nitro groups is 1. The van der Waals surface area contributed by atoms with Crippen LogP contribution >= 0.6 is 11.8 Å². The second-order valence-corrected chi connectivity index (χ2v) is 7.08. The number of nitro benzene ring substituents is 1. The minimum absolute atomic E-state index is 0.170. The molecular weight excluding hydrogens is 359 g/mol. The highest BCUT2D eigenvalue weighted by atomic mass is 32.2. The zero-order valence-corrected chi connectivity index (χ0v) is 14.6. The van der Waals surface area contributed by atoms with Gasteiger partial charge in [0.1, 0.15) is 5.82 Å². The average Bonchev–Trinajstić information content (AvgIpc) is 2.64. The van der Waals surface area contributed by atoms with E-state index in [2.05, 4.69) is 0 Å². The van der Waals surface area contributed by atoms with Gasteiger partial charge in [0.25, 0.3) is 11.6 Å². The third-order valence-corrected chi connectivity index (χ3v) is 5.34. The summed E-state index contributed by atoms with van der Waals surface area (Å²) in [6.45, 7) is 0.763. The predicted molar refractivity (Wildman–Crippen MR) is 94.8 cm³/mol. The lowest BCUT2D eigenvalue weighted by atomic mass is 10.1. The lowest BCUT2D eigenvalue weighted by Gasteiger charge is -2.30. The molecule has 0 atom stereocenters. The number of carbonyl (C=O) groups excluding carboxylic acids is 1. The standard InChI is InChI=1S/C18H17FN2O4S/c19-15-3-1-2-4-17(15)26-16-6-5-12(21(24)25)11-14(16)18(23)20-9-7-13(22)8-10-20/h1-6,11,13,22H,7-10H2.